The van der Waals surface area contributed by atoms with Gasteiger partial charge in [0.2, 0.25) is 5.91 Å². The van der Waals surface area contributed by atoms with Crippen LogP contribution >= 0.6 is 0 Å². The molecule has 10 heteroatoms. The van der Waals surface area contributed by atoms with E-state index in [0.29, 0.717) is 51.5 Å². The van der Waals surface area contributed by atoms with Crippen LogP contribution in [0, 0.1) is 26.7 Å². The average Bonchev–Trinajstić information content (AvgIpc) is 3.45. The summed E-state index contributed by atoms with van der Waals surface area (Å²) in [5.41, 5.74) is 6.58. The van der Waals surface area contributed by atoms with Crippen molar-refractivity contribution in [3.63, 3.8) is 0 Å². The Labute approximate surface area is 279 Å². The fraction of sp³-hybridized carbons (Fsp3) is 0.595. The molecule has 6 rings (SSSR count). The van der Waals surface area contributed by atoms with Gasteiger partial charge in [0.1, 0.15) is 0 Å². The van der Waals surface area contributed by atoms with E-state index in [1.54, 1.807) is 0 Å². The summed E-state index contributed by atoms with van der Waals surface area (Å²) in [6.45, 7) is 12.7. The van der Waals surface area contributed by atoms with Crippen molar-refractivity contribution in [1.82, 2.24) is 24.9 Å². The first kappa shape index (κ1) is 33.3. The minimum absolute atomic E-state index is 0.0430. The summed E-state index contributed by atoms with van der Waals surface area (Å²) in [5, 5.41) is 17.0. The van der Waals surface area contributed by atoms with E-state index in [2.05, 4.69) is 48.4 Å². The molecule has 4 heterocycles. The number of likely N-dealkylation sites (tertiary alicyclic amines) is 2. The lowest BCUT2D eigenvalue weighted by atomic mass is 9.81. The van der Waals surface area contributed by atoms with Crippen LogP contribution in [0.1, 0.15) is 59.9 Å². The summed E-state index contributed by atoms with van der Waals surface area (Å²) in [6.07, 6.45) is 4.20. The van der Waals surface area contributed by atoms with Crippen molar-refractivity contribution in [2.75, 3.05) is 57.7 Å². The van der Waals surface area contributed by atoms with E-state index in [4.69, 9.17) is 0 Å². The van der Waals surface area contributed by atoms with Crippen LogP contribution in [0.15, 0.2) is 36.4 Å². The summed E-state index contributed by atoms with van der Waals surface area (Å²) < 4.78 is 0. The molecule has 3 saturated heterocycles. The number of hydrogen-bond donors (Lipinski definition) is 3. The maximum Gasteiger partial charge on any atom is 0.407 e. The Kier molecular flexibility index (Phi) is 10.4. The summed E-state index contributed by atoms with van der Waals surface area (Å²) in [4.78, 5) is 49.0. The van der Waals surface area contributed by atoms with Crippen molar-refractivity contribution in [1.29, 1.82) is 0 Å². The third-order valence-electron chi connectivity index (χ3n) is 11.3. The summed E-state index contributed by atoms with van der Waals surface area (Å²) >= 11 is 0. The molecule has 4 aliphatic heterocycles. The van der Waals surface area contributed by atoms with E-state index >= 15 is 0 Å². The van der Waals surface area contributed by atoms with Crippen molar-refractivity contribution < 1.29 is 19.5 Å². The molecule has 4 aliphatic rings. The second-order valence-electron chi connectivity index (χ2n) is 14.1. The minimum atomic E-state index is -0.997. The van der Waals surface area contributed by atoms with Crippen LogP contribution < -0.4 is 10.6 Å². The van der Waals surface area contributed by atoms with Gasteiger partial charge in [-0.25, -0.2) is 9.59 Å². The lowest BCUT2D eigenvalue weighted by Gasteiger charge is -2.46. The zero-order chi connectivity index (χ0) is 33.1. The fourth-order valence-corrected chi connectivity index (χ4v) is 8.42. The van der Waals surface area contributed by atoms with Crippen LogP contribution in [0.3, 0.4) is 0 Å². The summed E-state index contributed by atoms with van der Waals surface area (Å²) in [6, 6.07) is 11.8. The molecular weight excluding hydrogens is 592 g/mol. The van der Waals surface area contributed by atoms with Gasteiger partial charge in [0.05, 0.1) is 5.92 Å². The molecule has 10 nitrogen and oxygen atoms in total. The Hall–Kier alpha value is -3.63. The SMILES string of the molecule is Cc1cc(CC(C(=O)N2CCC(N3CCCNCC3)CC2)[C@H]2CC(N3CCc4ccccc4NC3=O)CCN2C(=O)O)cc(C)c1C. The standard InChI is InChI=1S/C37H52N6O4/c1-25-21-28(22-26(2)27(25)3)23-32(35(44)41-16-10-30(11-17-41)40-15-6-13-38-14-20-40)34-24-31(12-19-43(34)37(46)47)42-18-9-29-7-4-5-8-33(29)39-36(42)45/h4-5,7-8,21-22,30-32,34,38H,6,9-20,23-24H2,1-3H3,(H,39,45)(H,46,47)/t31?,32?,34-/m1/s1. The van der Waals surface area contributed by atoms with Gasteiger partial charge in [-0.15, -0.1) is 0 Å². The van der Waals surface area contributed by atoms with Crippen molar-refractivity contribution in [3.8, 4) is 0 Å². The number of nitrogens with one attached hydrogen (secondary N) is 2. The van der Waals surface area contributed by atoms with Gasteiger partial charge in [-0.2, -0.15) is 0 Å². The van der Waals surface area contributed by atoms with Crippen LogP contribution in [0.2, 0.25) is 0 Å². The predicted octanol–water partition coefficient (Wildman–Crippen LogP) is 4.66. The fourth-order valence-electron chi connectivity index (χ4n) is 8.42. The van der Waals surface area contributed by atoms with E-state index < -0.39 is 18.1 Å². The second kappa shape index (κ2) is 14.6. The third-order valence-corrected chi connectivity index (χ3v) is 11.3. The number of carbonyl (C=O) groups is 3. The van der Waals surface area contributed by atoms with Gasteiger partial charge in [0.25, 0.3) is 0 Å². The molecule has 0 spiro atoms. The molecule has 2 aromatic rings. The first-order chi connectivity index (χ1) is 22.7. The highest BCUT2D eigenvalue weighted by Crippen LogP contribution is 2.33. The van der Waals surface area contributed by atoms with E-state index in [9.17, 15) is 19.5 Å². The molecule has 3 atom stereocenters. The van der Waals surface area contributed by atoms with Crippen molar-refractivity contribution in [3.05, 3.63) is 64.2 Å². The van der Waals surface area contributed by atoms with E-state index in [-0.39, 0.29) is 18.0 Å². The molecule has 3 fully saturated rings. The molecule has 0 saturated carbocycles. The van der Waals surface area contributed by atoms with Gasteiger partial charge < -0.3 is 30.4 Å². The quantitative estimate of drug-likeness (QED) is 0.423. The number of hydrogen-bond acceptors (Lipinski definition) is 5. The Bertz CT molecular complexity index is 1430. The molecule has 0 aliphatic carbocycles. The van der Waals surface area contributed by atoms with E-state index in [1.807, 2.05) is 34.1 Å². The van der Waals surface area contributed by atoms with Crippen molar-refractivity contribution >= 4 is 23.7 Å². The third kappa shape index (κ3) is 7.44. The molecule has 0 aromatic heterocycles. The highest BCUT2D eigenvalue weighted by molar-refractivity contribution is 5.91. The predicted molar refractivity (Wildman–Crippen MR) is 184 cm³/mol. The Morgan fingerprint density at radius 2 is 1.64 bits per heavy atom. The van der Waals surface area contributed by atoms with Crippen LogP contribution in [0.4, 0.5) is 15.3 Å². The molecule has 2 aromatic carbocycles. The maximum atomic E-state index is 14.7. The average molecular weight is 645 g/mol. The number of benzene rings is 2. The van der Waals surface area contributed by atoms with Crippen LogP contribution in [-0.2, 0) is 17.6 Å². The lowest BCUT2D eigenvalue weighted by Crippen LogP contribution is -2.59. The first-order valence-corrected chi connectivity index (χ1v) is 17.6. The van der Waals surface area contributed by atoms with Crippen molar-refractivity contribution in [2.45, 2.75) is 83.8 Å². The molecule has 254 valence electrons. The van der Waals surface area contributed by atoms with Crippen LogP contribution in [-0.4, -0.2) is 113 Å². The van der Waals surface area contributed by atoms with Crippen molar-refractivity contribution in [2.24, 2.45) is 5.92 Å². The number of carbonyl (C=O) groups excluding carboxylic acids is 2. The number of anilines is 1. The highest BCUT2D eigenvalue weighted by atomic mass is 16.4. The van der Waals surface area contributed by atoms with E-state index in [0.717, 1.165) is 68.7 Å². The van der Waals surface area contributed by atoms with Crippen LogP contribution in [0.5, 0.6) is 0 Å². The normalized spacial score (nSPS) is 23.8. The first-order valence-electron chi connectivity index (χ1n) is 17.6. The molecule has 0 radical (unpaired) electrons. The Balaban J connectivity index is 1.25. The summed E-state index contributed by atoms with van der Waals surface area (Å²) in [7, 11) is 0. The summed E-state index contributed by atoms with van der Waals surface area (Å²) in [5.74, 6) is -0.497. The van der Waals surface area contributed by atoms with Gasteiger partial charge in [-0.3, -0.25) is 9.69 Å². The van der Waals surface area contributed by atoms with Gasteiger partial charge in [0.15, 0.2) is 0 Å². The number of amides is 4. The molecule has 4 amide bonds. The van der Waals surface area contributed by atoms with Crippen LogP contribution in [0.25, 0.3) is 0 Å². The van der Waals surface area contributed by atoms with E-state index in [1.165, 1.54) is 21.6 Å². The lowest BCUT2D eigenvalue weighted by molar-refractivity contribution is -0.140. The zero-order valence-corrected chi connectivity index (χ0v) is 28.3. The topological polar surface area (TPSA) is 108 Å². The number of nitrogens with zero attached hydrogens (tertiary/aromatic N) is 4. The second-order valence-corrected chi connectivity index (χ2v) is 14.1. The number of aryl methyl sites for hydroxylation is 2. The zero-order valence-electron chi connectivity index (χ0n) is 28.3. The van der Waals surface area contributed by atoms with Gasteiger partial charge in [-0.05, 0) is 113 Å². The maximum absolute atomic E-state index is 14.7. The Morgan fingerprint density at radius 1 is 0.915 bits per heavy atom. The van der Waals surface area contributed by atoms with Gasteiger partial charge >= 0.3 is 12.1 Å². The number of piperidine rings is 2. The molecule has 0 bridgehead atoms. The minimum Gasteiger partial charge on any atom is -0.465 e. The highest BCUT2D eigenvalue weighted by Gasteiger charge is 2.44. The number of carboxylic acid groups (broad SMARTS) is 1. The number of urea groups is 1. The monoisotopic (exact) mass is 644 g/mol. The molecule has 47 heavy (non-hydrogen) atoms. The number of fused-ring (bicyclic) bond motifs is 1. The van der Waals surface area contributed by atoms with Gasteiger partial charge in [-0.1, -0.05) is 30.3 Å². The molecular formula is C37H52N6O4. The largest absolute Gasteiger partial charge is 0.465 e. The number of rotatable bonds is 6. The smallest absolute Gasteiger partial charge is 0.407 e. The number of para-hydroxylation sites is 1. The Morgan fingerprint density at radius 3 is 2.38 bits per heavy atom. The molecule has 2 unspecified atom stereocenters. The molecule has 3 N–H and O–H groups in total. The van der Waals surface area contributed by atoms with Gasteiger partial charge in [0, 0.05) is 63.1 Å².